The number of rotatable bonds is 3. The van der Waals surface area contributed by atoms with Gasteiger partial charge < -0.3 is 14.7 Å². The highest BCUT2D eigenvalue weighted by Crippen LogP contribution is 2.25. The van der Waals surface area contributed by atoms with E-state index in [0.29, 0.717) is 5.02 Å². The lowest BCUT2D eigenvalue weighted by molar-refractivity contribution is 0.634. The fourth-order valence-corrected chi connectivity index (χ4v) is 3.58. The summed E-state index contributed by atoms with van der Waals surface area (Å²) in [6.07, 6.45) is 6.17. The van der Waals surface area contributed by atoms with E-state index < -0.39 is 0 Å². The van der Waals surface area contributed by atoms with Gasteiger partial charge in [0.1, 0.15) is 11.6 Å². The Hall–Kier alpha value is -2.08. The quantitative estimate of drug-likeness (QED) is 0.852. The number of piperazine rings is 1. The minimum Gasteiger partial charge on any atom is -0.356 e. The van der Waals surface area contributed by atoms with E-state index in [1.165, 1.54) is 12.8 Å². The molecule has 6 nitrogen and oxygen atoms in total. The molecule has 0 aliphatic carbocycles. The third kappa shape index (κ3) is 3.11. The molecule has 126 valence electrons. The average Bonchev–Trinajstić information content (AvgIpc) is 3.17. The molecule has 2 aliphatic rings. The highest BCUT2D eigenvalue weighted by molar-refractivity contribution is 6.32. The largest absolute Gasteiger partial charge is 0.356 e. The highest BCUT2D eigenvalue weighted by Gasteiger charge is 2.22. The van der Waals surface area contributed by atoms with Crippen LogP contribution < -0.4 is 14.7 Å². The van der Waals surface area contributed by atoms with Crippen molar-refractivity contribution in [3.8, 4) is 0 Å². The zero-order chi connectivity index (χ0) is 16.4. The molecule has 0 N–H and O–H groups in total. The van der Waals surface area contributed by atoms with Gasteiger partial charge in [-0.1, -0.05) is 11.6 Å². The summed E-state index contributed by atoms with van der Waals surface area (Å²) in [5.74, 6) is 2.74. The summed E-state index contributed by atoms with van der Waals surface area (Å²) < 4.78 is 0. The average molecular weight is 345 g/mol. The van der Waals surface area contributed by atoms with Crippen LogP contribution in [0.3, 0.4) is 0 Å². The second-order valence-electron chi connectivity index (χ2n) is 6.19. The lowest BCUT2D eigenvalue weighted by Crippen LogP contribution is -2.47. The van der Waals surface area contributed by atoms with Crippen LogP contribution >= 0.6 is 11.6 Å². The van der Waals surface area contributed by atoms with Gasteiger partial charge in [0.15, 0.2) is 0 Å². The molecule has 0 bridgehead atoms. The number of hydrogen-bond acceptors (Lipinski definition) is 6. The second kappa shape index (κ2) is 6.81. The molecule has 2 saturated heterocycles. The smallest absolute Gasteiger partial charge is 0.227 e. The van der Waals surface area contributed by atoms with E-state index >= 15 is 0 Å². The minimum absolute atomic E-state index is 0.707. The zero-order valence-electron chi connectivity index (χ0n) is 13.6. The minimum atomic E-state index is 0.707. The lowest BCUT2D eigenvalue weighted by atomic mass is 10.3. The van der Waals surface area contributed by atoms with E-state index in [1.807, 2.05) is 24.4 Å². The maximum absolute atomic E-state index is 6.26. The fraction of sp³-hybridized carbons (Fsp3) is 0.471. The van der Waals surface area contributed by atoms with Gasteiger partial charge in [-0.15, -0.1) is 0 Å². The molecule has 0 aromatic carbocycles. The Labute approximate surface area is 147 Å². The number of nitrogens with zero attached hydrogens (tertiary/aromatic N) is 6. The summed E-state index contributed by atoms with van der Waals surface area (Å²) in [4.78, 5) is 20.5. The van der Waals surface area contributed by atoms with Crippen molar-refractivity contribution in [2.45, 2.75) is 12.8 Å². The summed E-state index contributed by atoms with van der Waals surface area (Å²) in [5, 5.41) is 0.707. The molecule has 24 heavy (non-hydrogen) atoms. The van der Waals surface area contributed by atoms with E-state index in [0.717, 1.165) is 56.9 Å². The maximum atomic E-state index is 6.26. The van der Waals surface area contributed by atoms with Crippen molar-refractivity contribution < 1.29 is 0 Å². The summed E-state index contributed by atoms with van der Waals surface area (Å²) >= 11 is 6.26. The van der Waals surface area contributed by atoms with E-state index in [1.54, 1.807) is 6.20 Å². The molecule has 4 heterocycles. The SMILES string of the molecule is Clc1cccnc1N1CCN(c2nccc(N3CCCC3)n2)CC1. The fourth-order valence-electron chi connectivity index (χ4n) is 3.34. The number of aromatic nitrogens is 3. The molecule has 0 atom stereocenters. The molecule has 2 aromatic heterocycles. The molecule has 0 saturated carbocycles. The van der Waals surface area contributed by atoms with Crippen molar-refractivity contribution in [2.75, 3.05) is 54.0 Å². The van der Waals surface area contributed by atoms with E-state index in [2.05, 4.69) is 24.7 Å². The van der Waals surface area contributed by atoms with E-state index in [4.69, 9.17) is 16.6 Å². The van der Waals surface area contributed by atoms with E-state index in [-0.39, 0.29) is 0 Å². The Morgan fingerprint density at radius 1 is 0.792 bits per heavy atom. The van der Waals surface area contributed by atoms with Gasteiger partial charge in [0.25, 0.3) is 0 Å². The van der Waals surface area contributed by atoms with Crippen LogP contribution in [-0.4, -0.2) is 54.2 Å². The molecule has 0 spiro atoms. The second-order valence-corrected chi connectivity index (χ2v) is 6.60. The molecule has 4 rings (SSSR count). The Kier molecular flexibility index (Phi) is 4.38. The zero-order valence-corrected chi connectivity index (χ0v) is 14.4. The van der Waals surface area contributed by atoms with Gasteiger partial charge in [-0.25, -0.2) is 9.97 Å². The van der Waals surface area contributed by atoms with Gasteiger partial charge in [-0.2, -0.15) is 4.98 Å². The van der Waals surface area contributed by atoms with Gasteiger partial charge in [-0.3, -0.25) is 0 Å². The Morgan fingerprint density at radius 3 is 2.29 bits per heavy atom. The van der Waals surface area contributed by atoms with Gasteiger partial charge in [0, 0.05) is 51.7 Å². The number of anilines is 3. The van der Waals surface area contributed by atoms with Crippen molar-refractivity contribution in [1.82, 2.24) is 15.0 Å². The van der Waals surface area contributed by atoms with Crippen molar-refractivity contribution >= 4 is 29.2 Å². The Bertz CT molecular complexity index is 695. The molecule has 2 aromatic rings. The number of halogens is 1. The molecular formula is C17H21ClN6. The van der Waals surface area contributed by atoms with Crippen molar-refractivity contribution in [1.29, 1.82) is 0 Å². The first-order valence-electron chi connectivity index (χ1n) is 8.50. The van der Waals surface area contributed by atoms with Gasteiger partial charge in [-0.05, 0) is 31.0 Å². The van der Waals surface area contributed by atoms with Crippen molar-refractivity contribution in [2.24, 2.45) is 0 Å². The van der Waals surface area contributed by atoms with Crippen LogP contribution in [0.5, 0.6) is 0 Å². The first-order valence-corrected chi connectivity index (χ1v) is 8.87. The van der Waals surface area contributed by atoms with Gasteiger partial charge >= 0.3 is 0 Å². The van der Waals surface area contributed by atoms with Crippen LogP contribution in [0.4, 0.5) is 17.6 Å². The number of hydrogen-bond donors (Lipinski definition) is 0. The van der Waals surface area contributed by atoms with E-state index in [9.17, 15) is 0 Å². The Morgan fingerprint density at radius 2 is 1.54 bits per heavy atom. The number of pyridine rings is 1. The highest BCUT2D eigenvalue weighted by atomic mass is 35.5. The topological polar surface area (TPSA) is 48.4 Å². The summed E-state index contributed by atoms with van der Waals surface area (Å²) in [7, 11) is 0. The maximum Gasteiger partial charge on any atom is 0.227 e. The first kappa shape index (κ1) is 15.4. The monoisotopic (exact) mass is 344 g/mol. The summed E-state index contributed by atoms with van der Waals surface area (Å²) in [6.45, 7) is 5.68. The lowest BCUT2D eigenvalue weighted by Gasteiger charge is -2.35. The predicted octanol–water partition coefficient (Wildman–Crippen LogP) is 2.45. The summed E-state index contributed by atoms with van der Waals surface area (Å²) in [5.41, 5.74) is 0. The summed E-state index contributed by atoms with van der Waals surface area (Å²) in [6, 6.07) is 5.76. The standard InChI is InChI=1S/C17H21ClN6/c18-14-4-3-6-19-16(14)23-10-12-24(13-11-23)17-20-7-5-15(21-17)22-8-1-2-9-22/h3-7H,1-2,8-13H2. The van der Waals surface area contributed by atoms with Crippen LogP contribution in [-0.2, 0) is 0 Å². The van der Waals surface area contributed by atoms with Gasteiger partial charge in [0.05, 0.1) is 5.02 Å². The third-order valence-corrected chi connectivity index (χ3v) is 4.95. The van der Waals surface area contributed by atoms with Crippen molar-refractivity contribution in [3.05, 3.63) is 35.6 Å². The molecule has 0 radical (unpaired) electrons. The van der Waals surface area contributed by atoms with Gasteiger partial charge in [0.2, 0.25) is 5.95 Å². The molecule has 7 heteroatoms. The Balaban J connectivity index is 1.44. The van der Waals surface area contributed by atoms with Crippen LogP contribution in [0.1, 0.15) is 12.8 Å². The first-order chi connectivity index (χ1) is 11.8. The molecule has 0 unspecified atom stereocenters. The normalized spacial score (nSPS) is 18.3. The molecule has 2 fully saturated rings. The third-order valence-electron chi connectivity index (χ3n) is 4.66. The van der Waals surface area contributed by atoms with Crippen LogP contribution in [0.15, 0.2) is 30.6 Å². The predicted molar refractivity (Wildman–Crippen MR) is 97.2 cm³/mol. The van der Waals surface area contributed by atoms with Crippen molar-refractivity contribution in [3.63, 3.8) is 0 Å². The van der Waals surface area contributed by atoms with Crippen LogP contribution in [0, 0.1) is 0 Å². The molecule has 2 aliphatic heterocycles. The molecular weight excluding hydrogens is 324 g/mol. The molecule has 0 amide bonds. The van der Waals surface area contributed by atoms with Crippen LogP contribution in [0.2, 0.25) is 5.02 Å². The van der Waals surface area contributed by atoms with Crippen LogP contribution in [0.25, 0.3) is 0 Å².